The maximum Gasteiger partial charge on any atom is 0.262 e. The minimum atomic E-state index is -3.01. The topological polar surface area (TPSA) is 92.3 Å². The summed E-state index contributed by atoms with van der Waals surface area (Å²) in [6, 6.07) is 7.03. The molecule has 8 heteroatoms. The minimum absolute atomic E-state index is 0.0285. The van der Waals surface area contributed by atoms with Crippen molar-refractivity contribution in [1.82, 2.24) is 10.9 Å². The third-order valence-electron chi connectivity index (χ3n) is 3.45. The van der Waals surface area contributed by atoms with E-state index >= 15 is 0 Å². The van der Waals surface area contributed by atoms with Gasteiger partial charge in [0.25, 0.3) is 5.91 Å². The van der Waals surface area contributed by atoms with Crippen LogP contribution in [-0.2, 0) is 19.4 Å². The molecule has 0 bridgehead atoms. The molecule has 2 amide bonds. The van der Waals surface area contributed by atoms with E-state index in [1.54, 1.807) is 24.3 Å². The fourth-order valence-electron chi connectivity index (χ4n) is 2.29. The Morgan fingerprint density at radius 3 is 2.65 bits per heavy atom. The molecule has 1 fully saturated rings. The van der Waals surface area contributed by atoms with Gasteiger partial charge in [-0.1, -0.05) is 29.8 Å². The van der Waals surface area contributed by atoms with Gasteiger partial charge in [-0.15, -0.1) is 0 Å². The molecule has 0 radical (unpaired) electrons. The first-order valence-corrected chi connectivity index (χ1v) is 9.27. The first-order chi connectivity index (χ1) is 10.9. The third-order valence-corrected chi connectivity index (χ3v) is 5.63. The van der Waals surface area contributed by atoms with Gasteiger partial charge in [0.15, 0.2) is 9.84 Å². The molecule has 1 aromatic carbocycles. The van der Waals surface area contributed by atoms with Gasteiger partial charge in [0.1, 0.15) is 0 Å². The molecule has 2 rings (SSSR count). The summed E-state index contributed by atoms with van der Waals surface area (Å²) < 4.78 is 22.6. The highest BCUT2D eigenvalue weighted by atomic mass is 35.5. The van der Waals surface area contributed by atoms with Gasteiger partial charge in [-0.05, 0) is 30.0 Å². The van der Waals surface area contributed by atoms with Crippen LogP contribution < -0.4 is 10.9 Å². The van der Waals surface area contributed by atoms with Crippen molar-refractivity contribution in [1.29, 1.82) is 0 Å². The first-order valence-electron chi connectivity index (χ1n) is 7.07. The number of halogens is 1. The molecular formula is C15H17ClN2O4S. The van der Waals surface area contributed by atoms with Crippen LogP contribution in [0.1, 0.15) is 18.4 Å². The van der Waals surface area contributed by atoms with Gasteiger partial charge >= 0.3 is 0 Å². The standard InChI is InChI=1S/C15H17ClN2O4S/c16-13-4-2-1-3-12(13)5-6-14(19)17-18-15(20)9-11-7-8-23(21,22)10-11/h1-6,11H,7-10H2,(H,17,19)(H,18,20)/b6-5+/t11-/m0/s1. The van der Waals surface area contributed by atoms with E-state index in [9.17, 15) is 18.0 Å². The predicted molar refractivity (Wildman–Crippen MR) is 88.1 cm³/mol. The van der Waals surface area contributed by atoms with Gasteiger partial charge < -0.3 is 0 Å². The highest BCUT2D eigenvalue weighted by molar-refractivity contribution is 7.91. The summed E-state index contributed by atoms with van der Waals surface area (Å²) in [5.41, 5.74) is 5.21. The van der Waals surface area contributed by atoms with Gasteiger partial charge in [-0.2, -0.15) is 0 Å². The highest BCUT2D eigenvalue weighted by Crippen LogP contribution is 2.21. The van der Waals surface area contributed by atoms with E-state index in [0.717, 1.165) is 0 Å². The zero-order valence-corrected chi connectivity index (χ0v) is 13.9. The maximum atomic E-state index is 11.7. The normalized spacial score (nSPS) is 19.6. The van der Waals surface area contributed by atoms with Crippen molar-refractivity contribution in [2.45, 2.75) is 12.8 Å². The van der Waals surface area contributed by atoms with Gasteiger partial charge in [-0.25, -0.2) is 8.42 Å². The summed E-state index contributed by atoms with van der Waals surface area (Å²) in [7, 11) is -3.01. The molecule has 1 atom stereocenters. The number of amides is 2. The molecule has 1 aliphatic rings. The molecule has 1 aromatic rings. The number of nitrogens with one attached hydrogen (secondary N) is 2. The molecule has 2 N–H and O–H groups in total. The van der Waals surface area contributed by atoms with Gasteiger partial charge in [-0.3, -0.25) is 20.4 Å². The number of rotatable bonds is 4. The Bertz CT molecular complexity index is 731. The zero-order valence-electron chi connectivity index (χ0n) is 12.3. The lowest BCUT2D eigenvalue weighted by Crippen LogP contribution is -2.41. The maximum absolute atomic E-state index is 11.7. The predicted octanol–water partition coefficient (Wildman–Crippen LogP) is 1.33. The van der Waals surface area contributed by atoms with Gasteiger partial charge in [0.2, 0.25) is 5.91 Å². The molecule has 0 spiro atoms. The quantitative estimate of drug-likeness (QED) is 0.628. The number of hydrogen-bond donors (Lipinski definition) is 2. The number of sulfone groups is 1. The van der Waals surface area contributed by atoms with Crippen molar-refractivity contribution >= 4 is 39.3 Å². The number of carbonyl (C=O) groups is 2. The lowest BCUT2D eigenvalue weighted by atomic mass is 10.1. The first kappa shape index (κ1) is 17.5. The Kier molecular flexibility index (Phi) is 5.79. The number of benzene rings is 1. The van der Waals surface area contributed by atoms with Crippen molar-refractivity contribution in [2.24, 2.45) is 5.92 Å². The van der Waals surface area contributed by atoms with Crippen molar-refractivity contribution < 1.29 is 18.0 Å². The van der Waals surface area contributed by atoms with Crippen LogP contribution >= 0.6 is 11.6 Å². The van der Waals surface area contributed by atoms with Crippen LogP contribution in [-0.4, -0.2) is 31.7 Å². The van der Waals surface area contributed by atoms with Gasteiger partial charge in [0, 0.05) is 17.5 Å². The SMILES string of the molecule is O=C(/C=C/c1ccccc1Cl)NNC(=O)C[C@@H]1CCS(=O)(=O)C1. The summed E-state index contributed by atoms with van der Waals surface area (Å²) in [6.07, 6.45) is 3.35. The van der Waals surface area contributed by atoms with Crippen LogP contribution in [0.5, 0.6) is 0 Å². The van der Waals surface area contributed by atoms with E-state index < -0.39 is 21.7 Å². The second-order valence-electron chi connectivity index (χ2n) is 5.37. The van der Waals surface area contributed by atoms with Crippen LogP contribution in [0.25, 0.3) is 6.08 Å². The van der Waals surface area contributed by atoms with Crippen LogP contribution in [0.3, 0.4) is 0 Å². The van der Waals surface area contributed by atoms with Crippen molar-refractivity contribution in [3.05, 3.63) is 40.9 Å². The van der Waals surface area contributed by atoms with E-state index in [0.29, 0.717) is 17.0 Å². The summed E-state index contributed by atoms with van der Waals surface area (Å²) in [6.45, 7) is 0. The summed E-state index contributed by atoms with van der Waals surface area (Å²) >= 11 is 5.95. The van der Waals surface area contributed by atoms with E-state index in [1.165, 1.54) is 12.2 Å². The molecule has 6 nitrogen and oxygen atoms in total. The average Bonchev–Trinajstić information content (AvgIpc) is 2.83. The molecule has 0 unspecified atom stereocenters. The Morgan fingerprint density at radius 1 is 1.26 bits per heavy atom. The molecule has 1 heterocycles. The van der Waals surface area contributed by atoms with Crippen molar-refractivity contribution in [3.8, 4) is 0 Å². The van der Waals surface area contributed by atoms with Crippen LogP contribution in [0, 0.1) is 5.92 Å². The average molecular weight is 357 g/mol. The van der Waals surface area contributed by atoms with Crippen LogP contribution in [0.2, 0.25) is 5.02 Å². The third kappa shape index (κ3) is 5.69. The molecule has 124 valence electrons. The summed E-state index contributed by atoms with van der Waals surface area (Å²) in [5, 5.41) is 0.517. The fourth-order valence-corrected chi connectivity index (χ4v) is 4.36. The molecule has 0 saturated carbocycles. The van der Waals surface area contributed by atoms with Crippen LogP contribution in [0.4, 0.5) is 0 Å². The number of hydrogen-bond acceptors (Lipinski definition) is 4. The molecule has 23 heavy (non-hydrogen) atoms. The smallest absolute Gasteiger partial charge is 0.262 e. The van der Waals surface area contributed by atoms with Crippen molar-refractivity contribution in [2.75, 3.05) is 11.5 Å². The second-order valence-corrected chi connectivity index (χ2v) is 8.00. The Labute approximate surface area is 139 Å². The van der Waals surface area contributed by atoms with E-state index in [2.05, 4.69) is 10.9 Å². The Balaban J connectivity index is 1.76. The molecule has 0 aliphatic carbocycles. The molecular weight excluding hydrogens is 340 g/mol. The minimum Gasteiger partial charge on any atom is -0.273 e. The largest absolute Gasteiger partial charge is 0.273 e. The van der Waals surface area contributed by atoms with E-state index in [4.69, 9.17) is 11.6 Å². The van der Waals surface area contributed by atoms with Crippen molar-refractivity contribution in [3.63, 3.8) is 0 Å². The fraction of sp³-hybridized carbons (Fsp3) is 0.333. The number of hydrazine groups is 1. The monoisotopic (exact) mass is 356 g/mol. The zero-order chi connectivity index (χ0) is 16.9. The highest BCUT2D eigenvalue weighted by Gasteiger charge is 2.29. The number of carbonyl (C=O) groups excluding carboxylic acids is 2. The lowest BCUT2D eigenvalue weighted by molar-refractivity contribution is -0.127. The van der Waals surface area contributed by atoms with Gasteiger partial charge in [0.05, 0.1) is 11.5 Å². The molecule has 1 saturated heterocycles. The molecule has 1 aliphatic heterocycles. The van der Waals surface area contributed by atoms with Crippen LogP contribution in [0.15, 0.2) is 30.3 Å². The van der Waals surface area contributed by atoms with E-state index in [-0.39, 0.29) is 23.8 Å². The Morgan fingerprint density at radius 2 is 2.00 bits per heavy atom. The molecule has 0 aromatic heterocycles. The Hall–Kier alpha value is -1.86. The second kappa shape index (κ2) is 7.61. The summed E-state index contributed by atoms with van der Waals surface area (Å²) in [4.78, 5) is 23.3. The summed E-state index contributed by atoms with van der Waals surface area (Å²) in [5.74, 6) is -0.946. The van der Waals surface area contributed by atoms with E-state index in [1.807, 2.05) is 0 Å². The lowest BCUT2D eigenvalue weighted by Gasteiger charge is -2.08.